The molecule has 1 nitrogen and oxygen atoms in total. The van der Waals surface area contributed by atoms with Gasteiger partial charge in [0.1, 0.15) is 4.67 Å². The van der Waals surface area contributed by atoms with Crippen LogP contribution in [0.15, 0.2) is 57.7 Å². The van der Waals surface area contributed by atoms with E-state index in [2.05, 4.69) is 4.99 Å². The summed E-state index contributed by atoms with van der Waals surface area (Å²) in [6, 6.07) is 13.7. The first-order valence-electron chi connectivity index (χ1n) is 6.41. The molecule has 0 fully saturated rings. The Morgan fingerprint density at radius 3 is 2.41 bits per heavy atom. The van der Waals surface area contributed by atoms with Crippen LogP contribution in [-0.4, -0.2) is 6.26 Å². The second-order valence-corrected chi connectivity index (χ2v) is 7.62. The third kappa shape index (κ3) is 3.14. The summed E-state index contributed by atoms with van der Waals surface area (Å²) in [5, 5.41) is 0. The van der Waals surface area contributed by atoms with Crippen LogP contribution in [0.4, 0.5) is 14.5 Å². The van der Waals surface area contributed by atoms with Gasteiger partial charge in [0.05, 0.1) is 9.90 Å². The average molecular weight is 351 g/mol. The van der Waals surface area contributed by atoms with E-state index in [4.69, 9.17) is 0 Å². The Bertz CT molecular complexity index is 853. The van der Waals surface area contributed by atoms with E-state index in [1.165, 1.54) is 16.4 Å². The van der Waals surface area contributed by atoms with Gasteiger partial charge in [-0.15, -0.1) is 11.8 Å². The maximum absolute atomic E-state index is 13.3. The SMILES string of the molecule is CSc1ssc(=Nc2ccc(F)c(F)c2)c1-c1ccccc1. The van der Waals surface area contributed by atoms with Crippen molar-refractivity contribution in [3.05, 3.63) is 64.8 Å². The first-order chi connectivity index (χ1) is 10.7. The van der Waals surface area contributed by atoms with Gasteiger partial charge >= 0.3 is 0 Å². The van der Waals surface area contributed by atoms with Crippen LogP contribution in [0.25, 0.3) is 11.1 Å². The molecule has 2 aromatic carbocycles. The van der Waals surface area contributed by atoms with Crippen LogP contribution >= 0.6 is 32.4 Å². The van der Waals surface area contributed by atoms with Gasteiger partial charge in [-0.3, -0.25) is 0 Å². The topological polar surface area (TPSA) is 12.4 Å². The van der Waals surface area contributed by atoms with Gasteiger partial charge in [0, 0.05) is 11.6 Å². The van der Waals surface area contributed by atoms with Crippen LogP contribution in [0.1, 0.15) is 0 Å². The molecular formula is C16H11F2NS3. The highest BCUT2D eigenvalue weighted by atomic mass is 32.9. The largest absolute Gasteiger partial charge is 0.237 e. The standard InChI is InChI=1S/C16H11F2NS3/c1-20-16-14(10-5-3-2-4-6-10)15(21-22-16)19-11-7-8-12(17)13(18)9-11/h2-9H,1H3. The molecule has 1 heterocycles. The third-order valence-electron chi connectivity index (χ3n) is 3.00. The minimum Gasteiger partial charge on any atom is -0.237 e. The molecule has 0 unspecified atom stereocenters. The summed E-state index contributed by atoms with van der Waals surface area (Å²) < 4.78 is 28.3. The molecular weight excluding hydrogens is 340 g/mol. The van der Waals surface area contributed by atoms with Gasteiger partial charge in [0.25, 0.3) is 0 Å². The quantitative estimate of drug-likeness (QED) is 0.435. The zero-order valence-corrected chi connectivity index (χ0v) is 14.0. The van der Waals surface area contributed by atoms with E-state index in [0.29, 0.717) is 5.69 Å². The minimum atomic E-state index is -0.882. The van der Waals surface area contributed by atoms with Gasteiger partial charge in [-0.1, -0.05) is 51.0 Å². The zero-order valence-electron chi connectivity index (χ0n) is 11.5. The van der Waals surface area contributed by atoms with E-state index in [-0.39, 0.29) is 0 Å². The monoisotopic (exact) mass is 351 g/mol. The molecule has 0 bridgehead atoms. The Balaban J connectivity index is 2.17. The van der Waals surface area contributed by atoms with Crippen molar-refractivity contribution in [1.82, 2.24) is 0 Å². The fraction of sp³-hybridized carbons (Fsp3) is 0.0625. The number of halogens is 2. The first-order valence-corrected chi connectivity index (χ1v) is 9.79. The van der Waals surface area contributed by atoms with Gasteiger partial charge in [-0.2, -0.15) is 0 Å². The van der Waals surface area contributed by atoms with Crippen LogP contribution in [0.2, 0.25) is 0 Å². The molecule has 0 aliphatic carbocycles. The minimum absolute atomic E-state index is 0.415. The number of hydrogen-bond acceptors (Lipinski definition) is 4. The Morgan fingerprint density at radius 2 is 1.73 bits per heavy atom. The lowest BCUT2D eigenvalue weighted by molar-refractivity contribution is 0.509. The van der Waals surface area contributed by atoms with Gasteiger partial charge in [-0.25, -0.2) is 13.8 Å². The van der Waals surface area contributed by atoms with Crippen molar-refractivity contribution in [2.75, 3.05) is 6.26 Å². The summed E-state index contributed by atoms with van der Waals surface area (Å²) in [6.45, 7) is 0. The van der Waals surface area contributed by atoms with Crippen molar-refractivity contribution < 1.29 is 8.78 Å². The molecule has 0 spiro atoms. The van der Waals surface area contributed by atoms with Crippen LogP contribution in [0.3, 0.4) is 0 Å². The van der Waals surface area contributed by atoms with E-state index in [1.54, 1.807) is 22.1 Å². The third-order valence-corrected chi connectivity index (χ3v) is 6.75. The second kappa shape index (κ2) is 6.73. The molecule has 3 rings (SSSR count). The Morgan fingerprint density at radius 1 is 0.955 bits per heavy atom. The van der Waals surface area contributed by atoms with Crippen molar-refractivity contribution in [2.24, 2.45) is 4.99 Å². The predicted molar refractivity (Wildman–Crippen MR) is 91.0 cm³/mol. The summed E-state index contributed by atoms with van der Waals surface area (Å²) in [5.41, 5.74) is 2.54. The van der Waals surface area contributed by atoms with E-state index in [9.17, 15) is 8.78 Å². The molecule has 0 atom stereocenters. The maximum Gasteiger partial charge on any atom is 0.160 e. The molecule has 22 heavy (non-hydrogen) atoms. The molecule has 0 amide bonds. The Kier molecular flexibility index (Phi) is 4.71. The fourth-order valence-electron chi connectivity index (χ4n) is 1.98. The van der Waals surface area contributed by atoms with Crippen molar-refractivity contribution in [1.29, 1.82) is 0 Å². The number of hydrogen-bond donors (Lipinski definition) is 0. The lowest BCUT2D eigenvalue weighted by atomic mass is 10.1. The molecule has 0 saturated carbocycles. The molecule has 6 heteroatoms. The first kappa shape index (κ1) is 15.4. The van der Waals surface area contributed by atoms with Crippen molar-refractivity contribution in [3.8, 4) is 11.1 Å². The van der Waals surface area contributed by atoms with Crippen LogP contribution < -0.4 is 4.67 Å². The second-order valence-electron chi connectivity index (χ2n) is 4.41. The van der Waals surface area contributed by atoms with E-state index < -0.39 is 11.6 Å². The van der Waals surface area contributed by atoms with Crippen LogP contribution in [0.5, 0.6) is 0 Å². The highest BCUT2D eigenvalue weighted by molar-refractivity contribution is 8.02. The smallest absolute Gasteiger partial charge is 0.160 e. The molecule has 1 aromatic heterocycles. The average Bonchev–Trinajstić information content (AvgIpc) is 2.94. The van der Waals surface area contributed by atoms with Gasteiger partial charge in [0.15, 0.2) is 11.6 Å². The van der Waals surface area contributed by atoms with Gasteiger partial charge < -0.3 is 0 Å². The van der Waals surface area contributed by atoms with Crippen molar-refractivity contribution in [2.45, 2.75) is 4.21 Å². The summed E-state index contributed by atoms with van der Waals surface area (Å²) in [5.74, 6) is -1.74. The fourth-order valence-corrected chi connectivity index (χ4v) is 5.69. The molecule has 3 aromatic rings. The highest BCUT2D eigenvalue weighted by Crippen LogP contribution is 2.34. The summed E-state index contributed by atoms with van der Waals surface area (Å²) in [4.78, 5) is 4.50. The van der Waals surface area contributed by atoms with Gasteiger partial charge in [0.2, 0.25) is 0 Å². The highest BCUT2D eigenvalue weighted by Gasteiger charge is 2.11. The van der Waals surface area contributed by atoms with E-state index in [1.807, 2.05) is 36.6 Å². The zero-order chi connectivity index (χ0) is 15.5. The molecule has 0 N–H and O–H groups in total. The summed E-state index contributed by atoms with van der Waals surface area (Å²) in [7, 11) is 3.18. The number of nitrogens with zero attached hydrogens (tertiary/aromatic N) is 1. The number of thioether (sulfide) groups is 1. The van der Waals surface area contributed by atoms with E-state index >= 15 is 0 Å². The van der Waals surface area contributed by atoms with E-state index in [0.717, 1.165) is 32.1 Å². The summed E-state index contributed by atoms with van der Waals surface area (Å²) in [6.07, 6.45) is 2.02. The summed E-state index contributed by atoms with van der Waals surface area (Å²) >= 11 is 1.66. The molecule has 112 valence electrons. The van der Waals surface area contributed by atoms with Crippen LogP contribution in [0, 0.1) is 11.6 Å². The molecule has 0 saturated heterocycles. The van der Waals surface area contributed by atoms with Crippen LogP contribution in [-0.2, 0) is 0 Å². The number of rotatable bonds is 3. The number of benzene rings is 2. The molecule has 0 radical (unpaired) electrons. The normalized spacial score (nSPS) is 11.9. The van der Waals surface area contributed by atoms with Crippen molar-refractivity contribution in [3.63, 3.8) is 0 Å². The Hall–Kier alpha value is -1.50. The maximum atomic E-state index is 13.3. The predicted octanol–water partition coefficient (Wildman–Crippen LogP) is 5.71. The lowest BCUT2D eigenvalue weighted by Crippen LogP contribution is -1.98. The lowest BCUT2D eigenvalue weighted by Gasteiger charge is -2.01. The Labute approximate surface area is 138 Å². The molecule has 0 aliphatic heterocycles. The van der Waals surface area contributed by atoms with Gasteiger partial charge in [-0.05, 0) is 24.0 Å². The van der Waals surface area contributed by atoms with Crippen molar-refractivity contribution >= 4 is 38.1 Å². The molecule has 0 aliphatic rings.